The molecule has 1 unspecified atom stereocenters. The molecule has 5 heteroatoms. The molecule has 1 atom stereocenters. The summed E-state index contributed by atoms with van der Waals surface area (Å²) in [6, 6.07) is 0. The maximum Gasteiger partial charge on any atom is 0.307 e. The number of hydrogen-bond donors (Lipinski definition) is 0. The molecule has 15 heavy (non-hydrogen) atoms. The molecule has 0 aliphatic carbocycles. The summed E-state index contributed by atoms with van der Waals surface area (Å²) in [6.45, 7) is 2.94. The van der Waals surface area contributed by atoms with Gasteiger partial charge < -0.3 is 14.2 Å². The normalized spacial score (nSPS) is 22.0. The van der Waals surface area contributed by atoms with Crippen LogP contribution in [0.3, 0.4) is 0 Å². The Kier molecular flexibility index (Phi) is 3.91. The van der Waals surface area contributed by atoms with Gasteiger partial charge in [-0.05, 0) is 12.2 Å². The van der Waals surface area contributed by atoms with Crippen molar-refractivity contribution in [3.63, 3.8) is 0 Å². The van der Waals surface area contributed by atoms with Gasteiger partial charge in [0.25, 0.3) is 0 Å². The van der Waals surface area contributed by atoms with E-state index in [1.54, 1.807) is 12.2 Å². The van der Waals surface area contributed by atoms with E-state index in [9.17, 15) is 9.59 Å². The van der Waals surface area contributed by atoms with E-state index in [4.69, 9.17) is 9.47 Å². The van der Waals surface area contributed by atoms with Crippen molar-refractivity contribution in [2.75, 3.05) is 6.61 Å². The van der Waals surface area contributed by atoms with Crippen LogP contribution in [0.1, 0.15) is 13.8 Å². The molecule has 0 saturated heterocycles. The van der Waals surface area contributed by atoms with Crippen LogP contribution in [0.15, 0.2) is 24.2 Å². The zero-order valence-electron chi connectivity index (χ0n) is 8.56. The summed E-state index contributed by atoms with van der Waals surface area (Å²) in [4.78, 5) is 21.3. The minimum Gasteiger partial charge on any atom is -0.486 e. The second-order valence-electron chi connectivity index (χ2n) is 2.90. The van der Waals surface area contributed by atoms with Crippen molar-refractivity contribution in [1.29, 1.82) is 0 Å². The van der Waals surface area contributed by atoms with E-state index < -0.39 is 18.0 Å². The SMILES string of the molecule is CC(=O)O/C=C1\OCC=CC1OC(C)=O. The van der Waals surface area contributed by atoms with E-state index >= 15 is 0 Å². The third kappa shape index (κ3) is 3.84. The number of carbonyl (C=O) groups is 2. The van der Waals surface area contributed by atoms with Crippen LogP contribution in [-0.2, 0) is 23.8 Å². The molecule has 1 aliphatic rings. The van der Waals surface area contributed by atoms with E-state index in [0.717, 1.165) is 6.26 Å². The van der Waals surface area contributed by atoms with Gasteiger partial charge in [-0.15, -0.1) is 0 Å². The topological polar surface area (TPSA) is 61.8 Å². The molecule has 5 nitrogen and oxygen atoms in total. The average Bonchev–Trinajstić information content (AvgIpc) is 2.15. The van der Waals surface area contributed by atoms with E-state index in [0.29, 0.717) is 12.4 Å². The van der Waals surface area contributed by atoms with Crippen molar-refractivity contribution in [3.05, 3.63) is 24.2 Å². The maximum atomic E-state index is 10.7. The Morgan fingerprint density at radius 2 is 2.20 bits per heavy atom. The van der Waals surface area contributed by atoms with Gasteiger partial charge in [-0.25, -0.2) is 0 Å². The average molecular weight is 212 g/mol. The molecule has 1 aliphatic heterocycles. The minimum atomic E-state index is -0.615. The van der Waals surface area contributed by atoms with Crippen molar-refractivity contribution in [2.45, 2.75) is 20.0 Å². The predicted octanol–water partition coefficient (Wildman–Crippen LogP) is 0.909. The van der Waals surface area contributed by atoms with Gasteiger partial charge >= 0.3 is 11.9 Å². The fourth-order valence-corrected chi connectivity index (χ4v) is 1.02. The second-order valence-corrected chi connectivity index (χ2v) is 2.90. The Labute approximate surface area is 87.3 Å². The molecule has 82 valence electrons. The lowest BCUT2D eigenvalue weighted by molar-refractivity contribution is -0.144. The summed E-state index contributed by atoms with van der Waals surface area (Å²) >= 11 is 0. The molecular formula is C10H12O5. The summed E-state index contributed by atoms with van der Waals surface area (Å²) in [5.74, 6) is -0.575. The summed E-state index contributed by atoms with van der Waals surface area (Å²) in [7, 11) is 0. The van der Waals surface area contributed by atoms with Gasteiger partial charge in [0.05, 0.1) is 0 Å². The molecule has 0 aromatic rings. The van der Waals surface area contributed by atoms with Crippen LogP contribution in [0.5, 0.6) is 0 Å². The molecule has 0 saturated carbocycles. The Morgan fingerprint density at radius 3 is 2.80 bits per heavy atom. The number of esters is 2. The van der Waals surface area contributed by atoms with E-state index in [1.165, 1.54) is 13.8 Å². The lowest BCUT2D eigenvalue weighted by atomic mass is 10.2. The fraction of sp³-hybridized carbons (Fsp3) is 0.400. The van der Waals surface area contributed by atoms with Crippen LogP contribution < -0.4 is 0 Å². The smallest absolute Gasteiger partial charge is 0.307 e. The number of carbonyl (C=O) groups excluding carboxylic acids is 2. The van der Waals surface area contributed by atoms with E-state index in [-0.39, 0.29) is 0 Å². The highest BCUT2D eigenvalue weighted by atomic mass is 16.6. The molecule has 0 bridgehead atoms. The van der Waals surface area contributed by atoms with Crippen LogP contribution in [0.2, 0.25) is 0 Å². The molecule has 1 rings (SSSR count). The van der Waals surface area contributed by atoms with Gasteiger partial charge in [-0.2, -0.15) is 0 Å². The number of rotatable bonds is 2. The monoisotopic (exact) mass is 212 g/mol. The Hall–Kier alpha value is -1.78. The summed E-state index contributed by atoms with van der Waals surface area (Å²) < 4.78 is 14.7. The zero-order valence-corrected chi connectivity index (χ0v) is 8.56. The van der Waals surface area contributed by atoms with E-state index in [1.807, 2.05) is 0 Å². The van der Waals surface area contributed by atoms with Gasteiger partial charge in [0, 0.05) is 13.8 Å². The Bertz CT molecular complexity index is 316. The molecule has 0 radical (unpaired) electrons. The molecule has 1 heterocycles. The quantitative estimate of drug-likeness (QED) is 0.387. The summed E-state index contributed by atoms with van der Waals surface area (Å²) in [5, 5.41) is 0. The van der Waals surface area contributed by atoms with Crippen LogP contribution in [0, 0.1) is 0 Å². The van der Waals surface area contributed by atoms with Crippen molar-refractivity contribution in [3.8, 4) is 0 Å². The van der Waals surface area contributed by atoms with Gasteiger partial charge in [0.1, 0.15) is 12.9 Å². The first-order valence-electron chi connectivity index (χ1n) is 4.43. The maximum absolute atomic E-state index is 10.7. The molecule has 0 aromatic carbocycles. The Balaban J connectivity index is 2.67. The highest BCUT2D eigenvalue weighted by molar-refractivity contribution is 5.67. The number of hydrogen-bond acceptors (Lipinski definition) is 5. The van der Waals surface area contributed by atoms with Gasteiger partial charge in [-0.3, -0.25) is 9.59 Å². The van der Waals surface area contributed by atoms with Crippen LogP contribution in [0.4, 0.5) is 0 Å². The van der Waals surface area contributed by atoms with Crippen LogP contribution in [0.25, 0.3) is 0 Å². The van der Waals surface area contributed by atoms with Crippen molar-refractivity contribution < 1.29 is 23.8 Å². The van der Waals surface area contributed by atoms with Crippen molar-refractivity contribution in [1.82, 2.24) is 0 Å². The first-order chi connectivity index (χ1) is 7.09. The standard InChI is InChI=1S/C10H12O5/c1-7(11)14-6-10-9(15-8(2)12)4-3-5-13-10/h3-4,6,9H,5H2,1-2H3/b10-6-. The fourth-order valence-electron chi connectivity index (χ4n) is 1.02. The highest BCUT2D eigenvalue weighted by Crippen LogP contribution is 2.15. The minimum absolute atomic E-state index is 0.308. The molecular weight excluding hydrogens is 200 g/mol. The lowest BCUT2D eigenvalue weighted by Crippen LogP contribution is -2.22. The van der Waals surface area contributed by atoms with Gasteiger partial charge in [0.15, 0.2) is 11.9 Å². The first-order valence-corrected chi connectivity index (χ1v) is 4.43. The number of ether oxygens (including phenoxy) is 3. The third-order valence-electron chi connectivity index (χ3n) is 1.57. The molecule has 0 aromatic heterocycles. The molecule has 0 N–H and O–H groups in total. The third-order valence-corrected chi connectivity index (χ3v) is 1.57. The van der Waals surface area contributed by atoms with Gasteiger partial charge in [0.2, 0.25) is 0 Å². The van der Waals surface area contributed by atoms with Crippen molar-refractivity contribution >= 4 is 11.9 Å². The molecule has 0 amide bonds. The van der Waals surface area contributed by atoms with Crippen LogP contribution >= 0.6 is 0 Å². The van der Waals surface area contributed by atoms with Crippen molar-refractivity contribution in [2.24, 2.45) is 0 Å². The molecule has 0 fully saturated rings. The Morgan fingerprint density at radius 1 is 1.47 bits per heavy atom. The second kappa shape index (κ2) is 5.19. The molecule has 0 spiro atoms. The van der Waals surface area contributed by atoms with Gasteiger partial charge in [-0.1, -0.05) is 0 Å². The summed E-state index contributed by atoms with van der Waals surface area (Å²) in [5.41, 5.74) is 0. The van der Waals surface area contributed by atoms with E-state index in [2.05, 4.69) is 4.74 Å². The largest absolute Gasteiger partial charge is 0.486 e. The predicted molar refractivity (Wildman–Crippen MR) is 50.5 cm³/mol. The van der Waals surface area contributed by atoms with Crippen LogP contribution in [-0.4, -0.2) is 24.6 Å². The zero-order chi connectivity index (χ0) is 11.3. The highest BCUT2D eigenvalue weighted by Gasteiger charge is 2.19. The summed E-state index contributed by atoms with van der Waals surface area (Å²) in [6.07, 6.45) is 3.92. The first kappa shape index (κ1) is 11.3. The lowest BCUT2D eigenvalue weighted by Gasteiger charge is -2.20.